The maximum Gasteiger partial charge on any atom is 0.348 e. The van der Waals surface area contributed by atoms with E-state index in [9.17, 15) is 4.79 Å². The Morgan fingerprint density at radius 2 is 2.30 bits per heavy atom. The Labute approximate surface area is 116 Å². The van der Waals surface area contributed by atoms with Crippen LogP contribution in [0.5, 0.6) is 0 Å². The van der Waals surface area contributed by atoms with E-state index in [1.54, 1.807) is 6.33 Å². The van der Waals surface area contributed by atoms with Gasteiger partial charge < -0.3 is 10.2 Å². The summed E-state index contributed by atoms with van der Waals surface area (Å²) in [6, 6.07) is 2.55. The van der Waals surface area contributed by atoms with E-state index in [1.807, 2.05) is 6.07 Å². The van der Waals surface area contributed by atoms with Crippen molar-refractivity contribution in [1.82, 2.24) is 24.9 Å². The second-order valence-electron chi connectivity index (χ2n) is 5.70. The molecule has 0 aromatic carbocycles. The third kappa shape index (κ3) is 1.89. The molecule has 2 saturated heterocycles. The minimum atomic E-state index is -0.241. The third-order valence-electron chi connectivity index (χ3n) is 4.51. The summed E-state index contributed by atoms with van der Waals surface area (Å²) in [7, 11) is 0. The number of anilines is 1. The second kappa shape index (κ2) is 4.59. The minimum Gasteiger partial charge on any atom is -0.356 e. The van der Waals surface area contributed by atoms with Crippen molar-refractivity contribution in [1.29, 1.82) is 0 Å². The number of hydrogen-bond acceptors (Lipinski definition) is 5. The molecule has 7 heteroatoms. The van der Waals surface area contributed by atoms with Crippen molar-refractivity contribution in [3.63, 3.8) is 0 Å². The molecular weight excluding hydrogens is 256 g/mol. The van der Waals surface area contributed by atoms with E-state index < -0.39 is 0 Å². The number of aromatic nitrogens is 4. The number of nitrogens with one attached hydrogen (secondary N) is 2. The quantitative estimate of drug-likeness (QED) is 0.765. The van der Waals surface area contributed by atoms with E-state index >= 15 is 0 Å². The molecule has 0 bridgehead atoms. The van der Waals surface area contributed by atoms with Gasteiger partial charge in [-0.1, -0.05) is 0 Å². The van der Waals surface area contributed by atoms with Crippen molar-refractivity contribution >= 4 is 11.5 Å². The lowest BCUT2D eigenvalue weighted by atomic mass is 9.85. The highest BCUT2D eigenvalue weighted by atomic mass is 16.1. The number of nitrogens with zero attached hydrogens (tertiary/aromatic N) is 4. The molecule has 0 amide bonds. The van der Waals surface area contributed by atoms with Crippen molar-refractivity contribution in [3.05, 3.63) is 22.9 Å². The molecule has 0 spiro atoms. The number of rotatable bonds is 1. The van der Waals surface area contributed by atoms with Gasteiger partial charge in [0.05, 0.1) is 0 Å². The fourth-order valence-electron chi connectivity index (χ4n) is 3.43. The Morgan fingerprint density at radius 1 is 1.35 bits per heavy atom. The average Bonchev–Trinajstić information content (AvgIpc) is 2.88. The molecule has 2 aromatic heterocycles. The topological polar surface area (TPSA) is 78.3 Å². The van der Waals surface area contributed by atoms with Gasteiger partial charge in [0.1, 0.15) is 12.1 Å². The van der Waals surface area contributed by atoms with E-state index in [-0.39, 0.29) is 5.69 Å². The molecule has 4 heterocycles. The summed E-state index contributed by atoms with van der Waals surface area (Å²) >= 11 is 0. The number of fused-ring (bicyclic) bond motifs is 2. The van der Waals surface area contributed by atoms with Gasteiger partial charge >= 0.3 is 5.69 Å². The number of hydrogen-bond donors (Lipinski definition) is 2. The lowest BCUT2D eigenvalue weighted by Crippen LogP contribution is -2.52. The summed E-state index contributed by atoms with van der Waals surface area (Å²) < 4.78 is 1.43. The SMILES string of the molecule is O=c1[nH]nc2cc(N3CCC4NCCCC4C3)ncn12. The number of H-pyrrole nitrogens is 1. The maximum absolute atomic E-state index is 11.4. The van der Waals surface area contributed by atoms with Crippen LogP contribution in [0.15, 0.2) is 17.2 Å². The van der Waals surface area contributed by atoms with Crippen molar-refractivity contribution in [3.8, 4) is 0 Å². The van der Waals surface area contributed by atoms with Crippen LogP contribution in [0.4, 0.5) is 5.82 Å². The molecule has 0 radical (unpaired) electrons. The van der Waals surface area contributed by atoms with Gasteiger partial charge in [-0.25, -0.2) is 19.3 Å². The fourth-order valence-corrected chi connectivity index (χ4v) is 3.43. The van der Waals surface area contributed by atoms with E-state index in [1.165, 1.54) is 17.2 Å². The summed E-state index contributed by atoms with van der Waals surface area (Å²) in [5.41, 5.74) is 0.387. The van der Waals surface area contributed by atoms with Crippen LogP contribution in [0.2, 0.25) is 0 Å². The first-order valence-corrected chi connectivity index (χ1v) is 7.22. The van der Waals surface area contributed by atoms with Gasteiger partial charge in [0, 0.05) is 25.2 Å². The molecule has 2 fully saturated rings. The van der Waals surface area contributed by atoms with E-state index in [4.69, 9.17) is 0 Å². The molecule has 2 atom stereocenters. The first-order chi connectivity index (χ1) is 9.81. The lowest BCUT2D eigenvalue weighted by Gasteiger charge is -2.42. The van der Waals surface area contributed by atoms with Crippen molar-refractivity contribution in [2.24, 2.45) is 5.92 Å². The van der Waals surface area contributed by atoms with E-state index in [0.29, 0.717) is 17.6 Å². The highest BCUT2D eigenvalue weighted by Crippen LogP contribution is 2.27. The molecule has 106 valence electrons. The van der Waals surface area contributed by atoms with Crippen LogP contribution >= 0.6 is 0 Å². The van der Waals surface area contributed by atoms with Crippen LogP contribution < -0.4 is 15.9 Å². The summed E-state index contributed by atoms with van der Waals surface area (Å²) in [4.78, 5) is 18.2. The van der Waals surface area contributed by atoms with Crippen LogP contribution in [0.25, 0.3) is 5.65 Å². The smallest absolute Gasteiger partial charge is 0.348 e. The highest BCUT2D eigenvalue weighted by Gasteiger charge is 2.31. The Balaban J connectivity index is 1.61. The molecule has 0 aliphatic carbocycles. The molecule has 2 aromatic rings. The molecule has 2 aliphatic rings. The summed E-state index contributed by atoms with van der Waals surface area (Å²) in [5, 5.41) is 10.1. The first-order valence-electron chi connectivity index (χ1n) is 7.22. The Bertz CT molecular complexity index is 677. The largest absolute Gasteiger partial charge is 0.356 e. The van der Waals surface area contributed by atoms with E-state index in [2.05, 4.69) is 25.4 Å². The van der Waals surface area contributed by atoms with E-state index in [0.717, 1.165) is 31.9 Å². The van der Waals surface area contributed by atoms with Gasteiger partial charge in [-0.3, -0.25) is 0 Å². The van der Waals surface area contributed by atoms with Crippen molar-refractivity contribution in [2.75, 3.05) is 24.5 Å². The Hall–Kier alpha value is -1.89. The average molecular weight is 274 g/mol. The van der Waals surface area contributed by atoms with Crippen LogP contribution in [-0.2, 0) is 0 Å². The molecule has 2 unspecified atom stereocenters. The molecule has 0 saturated carbocycles. The van der Waals surface area contributed by atoms with Crippen LogP contribution in [-0.4, -0.2) is 45.3 Å². The van der Waals surface area contributed by atoms with Gasteiger partial charge in [0.25, 0.3) is 0 Å². The molecule has 4 rings (SSSR count). The predicted octanol–water partition coefficient (Wildman–Crippen LogP) is -0.00410. The third-order valence-corrected chi connectivity index (χ3v) is 4.51. The van der Waals surface area contributed by atoms with Gasteiger partial charge in [0.2, 0.25) is 0 Å². The van der Waals surface area contributed by atoms with Crippen LogP contribution in [0, 0.1) is 5.92 Å². The zero-order valence-electron chi connectivity index (χ0n) is 11.2. The first kappa shape index (κ1) is 11.9. The molecule has 2 aliphatic heterocycles. The fraction of sp³-hybridized carbons (Fsp3) is 0.615. The predicted molar refractivity (Wildman–Crippen MR) is 75.0 cm³/mol. The van der Waals surface area contributed by atoms with Gasteiger partial charge in [0.15, 0.2) is 5.65 Å². The maximum atomic E-state index is 11.4. The minimum absolute atomic E-state index is 0.241. The van der Waals surface area contributed by atoms with Crippen LogP contribution in [0.1, 0.15) is 19.3 Å². The normalized spacial score (nSPS) is 26.7. The van der Waals surface area contributed by atoms with Gasteiger partial charge in [-0.2, -0.15) is 5.10 Å². The Morgan fingerprint density at radius 3 is 3.25 bits per heavy atom. The lowest BCUT2D eigenvalue weighted by molar-refractivity contribution is 0.244. The monoisotopic (exact) mass is 274 g/mol. The van der Waals surface area contributed by atoms with Gasteiger partial charge in [-0.05, 0) is 31.7 Å². The Kier molecular flexibility index (Phi) is 2.73. The molecule has 2 N–H and O–H groups in total. The van der Waals surface area contributed by atoms with Crippen LogP contribution in [0.3, 0.4) is 0 Å². The molecule has 7 nitrogen and oxygen atoms in total. The summed E-state index contributed by atoms with van der Waals surface area (Å²) in [6.07, 6.45) is 5.26. The zero-order valence-corrected chi connectivity index (χ0v) is 11.2. The van der Waals surface area contributed by atoms with Gasteiger partial charge in [-0.15, -0.1) is 0 Å². The number of piperidine rings is 2. The molecular formula is C13H18N6O. The van der Waals surface area contributed by atoms with Crippen molar-refractivity contribution in [2.45, 2.75) is 25.3 Å². The highest BCUT2D eigenvalue weighted by molar-refractivity contribution is 5.50. The zero-order chi connectivity index (χ0) is 13.5. The second-order valence-corrected chi connectivity index (χ2v) is 5.70. The number of aromatic amines is 1. The standard InChI is InChI=1S/C13H18N6O/c20-13-17-16-12-6-11(15-8-19(12)13)18-5-3-10-9(7-18)2-1-4-14-10/h6,8-10,14H,1-5,7H2,(H,17,20). The molecule has 20 heavy (non-hydrogen) atoms. The van der Waals surface area contributed by atoms with Crippen molar-refractivity contribution < 1.29 is 0 Å². The summed E-state index contributed by atoms with van der Waals surface area (Å²) in [5.74, 6) is 1.62. The summed E-state index contributed by atoms with van der Waals surface area (Å²) in [6.45, 7) is 3.20.